The quantitative estimate of drug-likeness (QED) is 0.233. The number of benzene rings is 3. The number of carboxylic acids is 1. The highest BCUT2D eigenvalue weighted by atomic mass is 32.2. The number of rotatable bonds is 9. The van der Waals surface area contributed by atoms with Gasteiger partial charge in [-0.15, -0.1) is 0 Å². The van der Waals surface area contributed by atoms with Crippen LogP contribution in [0.1, 0.15) is 18.4 Å². The van der Waals surface area contributed by atoms with Gasteiger partial charge < -0.3 is 19.6 Å². The molecule has 2 N–H and O–H groups in total. The molecule has 1 amide bonds. The second-order valence-electron chi connectivity index (χ2n) is 10.6. The third-order valence-electron chi connectivity index (χ3n) is 7.62. The van der Waals surface area contributed by atoms with Gasteiger partial charge in [0, 0.05) is 32.2 Å². The van der Waals surface area contributed by atoms with Gasteiger partial charge in [0.25, 0.3) is 10.0 Å². The molecule has 9 nitrogen and oxygen atoms in total. The summed E-state index contributed by atoms with van der Waals surface area (Å²) >= 11 is 0. The minimum atomic E-state index is -4.82. The molecule has 0 radical (unpaired) electrons. The first kappa shape index (κ1) is 31.9. The Morgan fingerprint density at radius 3 is 2.22 bits per heavy atom. The monoisotopic (exact) mass is 657 g/mol. The van der Waals surface area contributed by atoms with Crippen LogP contribution in [0.4, 0.5) is 37.7 Å². The molecule has 5 rings (SSSR count). The van der Waals surface area contributed by atoms with Crippen LogP contribution in [-0.4, -0.2) is 63.1 Å². The lowest BCUT2D eigenvalue weighted by Gasteiger charge is -2.38. The van der Waals surface area contributed by atoms with Gasteiger partial charge in [-0.25, -0.2) is 12.8 Å². The zero-order valence-electron chi connectivity index (χ0n) is 23.2. The number of carboxylic acid groups (broad SMARTS) is 1. The number of sulfonamides is 1. The van der Waals surface area contributed by atoms with Crippen molar-refractivity contribution >= 4 is 33.3 Å². The molecule has 45 heavy (non-hydrogen) atoms. The average Bonchev–Trinajstić information content (AvgIpc) is 3.78. The Labute approximate surface area is 253 Å². The molecule has 240 valence electrons. The topological polar surface area (TPSA) is 116 Å². The van der Waals surface area contributed by atoms with E-state index in [1.54, 1.807) is 4.90 Å². The smallest absolute Gasteiger partial charge is 0.416 e. The van der Waals surface area contributed by atoms with Crippen LogP contribution in [0.15, 0.2) is 65.6 Å². The number of piperazine rings is 1. The summed E-state index contributed by atoms with van der Waals surface area (Å²) in [5.41, 5.74) is -2.31. The molecule has 1 heterocycles. The lowest BCUT2D eigenvalue weighted by molar-refractivity contribution is -0.153. The number of anilines is 2. The van der Waals surface area contributed by atoms with Crippen molar-refractivity contribution in [2.24, 2.45) is 5.41 Å². The van der Waals surface area contributed by atoms with E-state index in [4.69, 9.17) is 0 Å². The first-order valence-corrected chi connectivity index (χ1v) is 14.9. The Morgan fingerprint density at radius 2 is 1.62 bits per heavy atom. The van der Waals surface area contributed by atoms with Gasteiger partial charge in [0.05, 0.1) is 21.8 Å². The largest absolute Gasteiger partial charge is 0.480 e. The van der Waals surface area contributed by atoms with Crippen molar-refractivity contribution in [2.75, 3.05) is 35.8 Å². The predicted octanol–water partition coefficient (Wildman–Crippen LogP) is 5.43. The van der Waals surface area contributed by atoms with Crippen LogP contribution in [0.3, 0.4) is 0 Å². The van der Waals surface area contributed by atoms with Crippen molar-refractivity contribution in [3.8, 4) is 16.9 Å². The summed E-state index contributed by atoms with van der Waals surface area (Å²) in [6, 6.07) is 10.1. The third-order valence-corrected chi connectivity index (χ3v) is 8.98. The molecule has 16 heteroatoms. The Kier molecular flexibility index (Phi) is 8.37. The van der Waals surface area contributed by atoms with Gasteiger partial charge in [0.15, 0.2) is 0 Å². The standard InChI is InChI=1S/C29H25F6N3O6S/c30-20-12-18(13-21(16-20)44-27(31)32)17-4-5-24(37-8-10-38(11-9-37)25(39)28(6-7-28)26(40)41)23(14-17)36-45(42,43)22-3-1-2-19(15-22)29(33,34)35/h1-5,12-16,27,36H,6-11H2,(H,40,41). The molecule has 0 aromatic heterocycles. The fourth-order valence-corrected chi connectivity index (χ4v) is 6.22. The molecule has 2 aliphatic rings. The summed E-state index contributed by atoms with van der Waals surface area (Å²) in [6.07, 6.45) is -4.36. The van der Waals surface area contributed by atoms with Crippen LogP contribution in [0, 0.1) is 11.2 Å². The van der Waals surface area contributed by atoms with Crippen LogP contribution in [-0.2, 0) is 25.8 Å². The summed E-state index contributed by atoms with van der Waals surface area (Å²) in [5, 5.41) is 9.48. The first-order chi connectivity index (χ1) is 21.1. The molecule has 1 saturated heterocycles. The Bertz CT molecular complexity index is 1740. The Balaban J connectivity index is 1.49. The maximum atomic E-state index is 14.3. The zero-order valence-corrected chi connectivity index (χ0v) is 24.0. The number of carbonyl (C=O) groups excluding carboxylic acids is 1. The van der Waals surface area contributed by atoms with E-state index in [0.29, 0.717) is 12.1 Å². The van der Waals surface area contributed by atoms with Gasteiger partial charge >= 0.3 is 18.8 Å². The summed E-state index contributed by atoms with van der Waals surface area (Å²) < 4.78 is 113. The maximum Gasteiger partial charge on any atom is 0.416 e. The van der Waals surface area contributed by atoms with Crippen molar-refractivity contribution in [1.82, 2.24) is 4.90 Å². The Hall–Kier alpha value is -4.47. The second-order valence-corrected chi connectivity index (χ2v) is 12.3. The fourth-order valence-electron chi connectivity index (χ4n) is 5.11. The molecule has 1 aliphatic heterocycles. The molecular weight excluding hydrogens is 632 g/mol. The Morgan fingerprint density at radius 1 is 0.933 bits per heavy atom. The average molecular weight is 658 g/mol. The summed E-state index contributed by atoms with van der Waals surface area (Å²) in [7, 11) is -4.64. The summed E-state index contributed by atoms with van der Waals surface area (Å²) in [4.78, 5) is 26.9. The molecule has 0 atom stereocenters. The maximum absolute atomic E-state index is 14.3. The molecule has 2 fully saturated rings. The highest BCUT2D eigenvalue weighted by Gasteiger charge is 2.58. The highest BCUT2D eigenvalue weighted by Crippen LogP contribution is 2.47. The molecular formula is C29H25F6N3O6S. The van der Waals surface area contributed by atoms with Gasteiger partial charge in [-0.3, -0.25) is 14.3 Å². The van der Waals surface area contributed by atoms with Gasteiger partial charge in [-0.1, -0.05) is 12.1 Å². The van der Waals surface area contributed by atoms with Crippen molar-refractivity contribution in [2.45, 2.75) is 30.5 Å². The highest BCUT2D eigenvalue weighted by molar-refractivity contribution is 7.92. The minimum absolute atomic E-state index is 0.0375. The number of alkyl halides is 5. The number of carbonyl (C=O) groups is 2. The normalized spacial score (nSPS) is 16.4. The molecule has 0 bridgehead atoms. The molecule has 0 spiro atoms. The van der Waals surface area contributed by atoms with Gasteiger partial charge in [-0.05, 0) is 66.4 Å². The van der Waals surface area contributed by atoms with Crippen LogP contribution >= 0.6 is 0 Å². The SMILES string of the molecule is O=C(O)C1(C(=O)N2CCN(c3ccc(-c4cc(F)cc(OC(F)F)c4)cc3NS(=O)(=O)c3cccc(C(F)(F)F)c3)CC2)CC1. The lowest BCUT2D eigenvalue weighted by atomic mass is 10.0. The van der Waals surface area contributed by atoms with Gasteiger partial charge in [0.2, 0.25) is 5.91 Å². The first-order valence-electron chi connectivity index (χ1n) is 13.5. The predicted molar refractivity (Wildman–Crippen MR) is 149 cm³/mol. The van der Waals surface area contributed by atoms with Crippen LogP contribution < -0.4 is 14.4 Å². The molecule has 1 saturated carbocycles. The minimum Gasteiger partial charge on any atom is -0.480 e. The number of aliphatic carboxylic acids is 1. The van der Waals surface area contributed by atoms with E-state index in [-0.39, 0.29) is 61.5 Å². The number of halogens is 6. The lowest BCUT2D eigenvalue weighted by Crippen LogP contribution is -2.52. The van der Waals surface area contributed by atoms with E-state index in [0.717, 1.165) is 30.3 Å². The van der Waals surface area contributed by atoms with E-state index in [1.807, 2.05) is 0 Å². The van der Waals surface area contributed by atoms with Gasteiger partial charge in [-0.2, -0.15) is 22.0 Å². The fraction of sp³-hybridized carbons (Fsp3) is 0.310. The molecule has 1 aliphatic carbocycles. The number of ether oxygens (including phenoxy) is 1. The second kappa shape index (κ2) is 11.8. The number of amides is 1. The van der Waals surface area contributed by atoms with Crippen molar-refractivity contribution in [3.05, 3.63) is 72.0 Å². The molecule has 3 aromatic carbocycles. The van der Waals surface area contributed by atoms with Crippen LogP contribution in [0.2, 0.25) is 0 Å². The van der Waals surface area contributed by atoms with E-state index < -0.39 is 62.1 Å². The number of nitrogens with zero attached hydrogens (tertiary/aromatic N) is 2. The number of nitrogens with one attached hydrogen (secondary N) is 1. The third kappa shape index (κ3) is 6.79. The number of hydrogen-bond acceptors (Lipinski definition) is 6. The number of hydrogen-bond donors (Lipinski definition) is 2. The van der Waals surface area contributed by atoms with E-state index >= 15 is 0 Å². The van der Waals surface area contributed by atoms with E-state index in [1.165, 1.54) is 23.1 Å². The van der Waals surface area contributed by atoms with Crippen LogP contribution in [0.25, 0.3) is 11.1 Å². The molecule has 0 unspecified atom stereocenters. The van der Waals surface area contributed by atoms with Gasteiger partial charge in [0.1, 0.15) is 17.0 Å². The van der Waals surface area contributed by atoms with Crippen molar-refractivity contribution < 1.29 is 54.2 Å². The van der Waals surface area contributed by atoms with E-state index in [2.05, 4.69) is 9.46 Å². The summed E-state index contributed by atoms with van der Waals surface area (Å²) in [6.45, 7) is -2.74. The zero-order chi connectivity index (χ0) is 32.7. The molecule has 3 aromatic rings. The van der Waals surface area contributed by atoms with Crippen molar-refractivity contribution in [3.63, 3.8) is 0 Å². The van der Waals surface area contributed by atoms with Crippen LogP contribution in [0.5, 0.6) is 5.75 Å². The summed E-state index contributed by atoms with van der Waals surface area (Å²) in [5.74, 6) is -3.13. The van der Waals surface area contributed by atoms with Crippen molar-refractivity contribution in [1.29, 1.82) is 0 Å². The van der Waals surface area contributed by atoms with E-state index in [9.17, 15) is 49.5 Å².